The highest BCUT2D eigenvalue weighted by molar-refractivity contribution is 7.13. The minimum atomic E-state index is -0.731. The van der Waals surface area contributed by atoms with Gasteiger partial charge in [-0.3, -0.25) is 4.79 Å². The van der Waals surface area contributed by atoms with Crippen molar-refractivity contribution in [2.75, 3.05) is 13.7 Å². The molecule has 0 saturated heterocycles. The Morgan fingerprint density at radius 3 is 2.54 bits per heavy atom. The number of ketones is 1. The van der Waals surface area contributed by atoms with E-state index in [1.54, 1.807) is 30.7 Å². The van der Waals surface area contributed by atoms with Crippen molar-refractivity contribution in [3.8, 4) is 16.3 Å². The standard InChI is InChI=1S/C19H14FNO4S/c1-24-13-8-6-12(7-9-13)18-21-16(11-26-18)19(23)25-10-17(22)14-4-2-3-5-15(14)20/h2-9,11H,10H2,1H3. The predicted octanol–water partition coefficient (Wildman–Crippen LogP) is 4.00. The van der Waals surface area contributed by atoms with Crippen LogP contribution in [0.3, 0.4) is 0 Å². The fourth-order valence-corrected chi connectivity index (χ4v) is 3.00. The molecule has 0 N–H and O–H groups in total. The Balaban J connectivity index is 1.64. The Hall–Kier alpha value is -3.06. The summed E-state index contributed by atoms with van der Waals surface area (Å²) in [6.45, 7) is -0.546. The largest absolute Gasteiger partial charge is 0.497 e. The average Bonchev–Trinajstić information content (AvgIpc) is 3.16. The van der Waals surface area contributed by atoms with E-state index in [1.165, 1.54) is 29.5 Å². The van der Waals surface area contributed by atoms with Gasteiger partial charge in [0, 0.05) is 10.9 Å². The summed E-state index contributed by atoms with van der Waals surface area (Å²) in [5.74, 6) is -1.27. The highest BCUT2D eigenvalue weighted by Crippen LogP contribution is 2.26. The summed E-state index contributed by atoms with van der Waals surface area (Å²) in [6.07, 6.45) is 0. The molecular formula is C19H14FNO4S. The minimum Gasteiger partial charge on any atom is -0.497 e. The second-order valence-corrected chi connectivity index (χ2v) is 6.10. The quantitative estimate of drug-likeness (QED) is 0.484. The monoisotopic (exact) mass is 371 g/mol. The summed E-state index contributed by atoms with van der Waals surface area (Å²) in [7, 11) is 1.58. The maximum atomic E-state index is 13.6. The fourth-order valence-electron chi connectivity index (χ4n) is 2.20. The molecule has 3 rings (SSSR count). The topological polar surface area (TPSA) is 65.5 Å². The molecule has 132 valence electrons. The second-order valence-electron chi connectivity index (χ2n) is 5.25. The van der Waals surface area contributed by atoms with E-state index in [0.29, 0.717) is 5.01 Å². The van der Waals surface area contributed by atoms with Crippen LogP contribution in [0.25, 0.3) is 10.6 Å². The average molecular weight is 371 g/mol. The van der Waals surface area contributed by atoms with Crippen molar-refractivity contribution in [3.63, 3.8) is 0 Å². The van der Waals surface area contributed by atoms with Gasteiger partial charge >= 0.3 is 5.97 Å². The maximum Gasteiger partial charge on any atom is 0.358 e. The summed E-state index contributed by atoms with van der Waals surface area (Å²) < 4.78 is 23.6. The van der Waals surface area contributed by atoms with Crippen LogP contribution in [0.15, 0.2) is 53.9 Å². The van der Waals surface area contributed by atoms with Gasteiger partial charge in [-0.15, -0.1) is 11.3 Å². The van der Waals surface area contributed by atoms with Crippen LogP contribution in [-0.2, 0) is 4.74 Å². The van der Waals surface area contributed by atoms with Gasteiger partial charge in [0.05, 0.1) is 12.7 Å². The van der Waals surface area contributed by atoms with E-state index in [0.717, 1.165) is 11.3 Å². The molecule has 0 atom stereocenters. The number of nitrogens with zero attached hydrogens (tertiary/aromatic N) is 1. The van der Waals surface area contributed by atoms with Gasteiger partial charge in [0.15, 0.2) is 12.3 Å². The van der Waals surface area contributed by atoms with Gasteiger partial charge in [0.1, 0.15) is 16.6 Å². The van der Waals surface area contributed by atoms with Crippen LogP contribution in [0.1, 0.15) is 20.8 Å². The van der Waals surface area contributed by atoms with Crippen molar-refractivity contribution in [1.29, 1.82) is 0 Å². The zero-order valence-corrected chi connectivity index (χ0v) is 14.6. The van der Waals surface area contributed by atoms with Crippen LogP contribution >= 0.6 is 11.3 Å². The number of carbonyl (C=O) groups excluding carboxylic acids is 2. The molecule has 0 aliphatic heterocycles. The van der Waals surface area contributed by atoms with Crippen LogP contribution in [0.4, 0.5) is 4.39 Å². The Labute approximate surface area is 153 Å². The first-order chi connectivity index (χ1) is 12.6. The van der Waals surface area contributed by atoms with Crippen molar-refractivity contribution < 1.29 is 23.5 Å². The molecule has 0 unspecified atom stereocenters. The van der Waals surface area contributed by atoms with Crippen molar-refractivity contribution in [2.24, 2.45) is 0 Å². The van der Waals surface area contributed by atoms with Crippen LogP contribution < -0.4 is 4.74 Å². The van der Waals surface area contributed by atoms with Crippen LogP contribution in [0.5, 0.6) is 5.75 Å². The van der Waals surface area contributed by atoms with E-state index in [4.69, 9.17) is 9.47 Å². The smallest absolute Gasteiger partial charge is 0.358 e. The number of ether oxygens (including phenoxy) is 2. The third kappa shape index (κ3) is 3.94. The molecule has 3 aromatic rings. The third-order valence-corrected chi connectivity index (χ3v) is 4.45. The number of Topliss-reactive ketones (excluding diaryl/α,β-unsaturated/α-hetero) is 1. The van der Waals surface area contributed by atoms with Crippen molar-refractivity contribution >= 4 is 23.1 Å². The molecule has 0 spiro atoms. The van der Waals surface area contributed by atoms with E-state index in [2.05, 4.69) is 4.98 Å². The first kappa shape index (κ1) is 17.8. The highest BCUT2D eigenvalue weighted by atomic mass is 32.1. The van der Waals surface area contributed by atoms with Gasteiger partial charge in [0.25, 0.3) is 0 Å². The SMILES string of the molecule is COc1ccc(-c2nc(C(=O)OCC(=O)c3ccccc3F)cs2)cc1. The summed E-state index contributed by atoms with van der Waals surface area (Å²) in [6, 6.07) is 12.8. The number of aromatic nitrogens is 1. The molecule has 5 nitrogen and oxygen atoms in total. The van der Waals surface area contributed by atoms with Crippen molar-refractivity contribution in [1.82, 2.24) is 4.98 Å². The summed E-state index contributed by atoms with van der Waals surface area (Å²) in [4.78, 5) is 28.2. The maximum absolute atomic E-state index is 13.6. The normalized spacial score (nSPS) is 10.4. The molecule has 7 heteroatoms. The van der Waals surface area contributed by atoms with Gasteiger partial charge in [-0.05, 0) is 36.4 Å². The Morgan fingerprint density at radius 2 is 1.85 bits per heavy atom. The predicted molar refractivity (Wildman–Crippen MR) is 95.1 cm³/mol. The Bertz CT molecular complexity index is 937. The number of esters is 1. The lowest BCUT2D eigenvalue weighted by Crippen LogP contribution is -2.15. The number of benzene rings is 2. The number of hydrogen-bond acceptors (Lipinski definition) is 6. The van der Waals surface area contributed by atoms with E-state index in [-0.39, 0.29) is 11.3 Å². The summed E-state index contributed by atoms with van der Waals surface area (Å²) >= 11 is 1.28. The van der Waals surface area contributed by atoms with Gasteiger partial charge in [-0.25, -0.2) is 14.2 Å². The van der Waals surface area contributed by atoms with E-state index in [9.17, 15) is 14.0 Å². The van der Waals surface area contributed by atoms with Crippen LogP contribution in [-0.4, -0.2) is 30.5 Å². The first-order valence-electron chi connectivity index (χ1n) is 7.63. The molecule has 0 aliphatic rings. The number of carbonyl (C=O) groups is 2. The number of methoxy groups -OCH3 is 1. The van der Waals surface area contributed by atoms with Crippen LogP contribution in [0, 0.1) is 5.82 Å². The molecule has 0 radical (unpaired) electrons. The lowest BCUT2D eigenvalue weighted by Gasteiger charge is -2.03. The van der Waals surface area contributed by atoms with Crippen molar-refractivity contribution in [2.45, 2.75) is 0 Å². The van der Waals surface area contributed by atoms with E-state index < -0.39 is 24.2 Å². The Kier molecular flexibility index (Phi) is 5.38. The molecule has 2 aromatic carbocycles. The van der Waals surface area contributed by atoms with Gasteiger partial charge in [-0.2, -0.15) is 0 Å². The summed E-state index contributed by atoms with van der Waals surface area (Å²) in [5.41, 5.74) is 0.817. The number of thiazole rings is 1. The number of hydrogen-bond donors (Lipinski definition) is 0. The highest BCUT2D eigenvalue weighted by Gasteiger charge is 2.17. The lowest BCUT2D eigenvalue weighted by atomic mass is 10.1. The molecular weight excluding hydrogens is 357 g/mol. The molecule has 1 aromatic heterocycles. The molecule has 0 aliphatic carbocycles. The molecule has 0 saturated carbocycles. The first-order valence-corrected chi connectivity index (χ1v) is 8.51. The minimum absolute atomic E-state index is 0.0992. The number of halogens is 1. The lowest BCUT2D eigenvalue weighted by molar-refractivity contribution is 0.0468. The zero-order chi connectivity index (χ0) is 18.5. The van der Waals surface area contributed by atoms with Gasteiger partial charge < -0.3 is 9.47 Å². The fraction of sp³-hybridized carbons (Fsp3) is 0.105. The van der Waals surface area contributed by atoms with E-state index in [1.807, 2.05) is 12.1 Å². The van der Waals surface area contributed by atoms with Gasteiger partial charge in [0.2, 0.25) is 5.78 Å². The third-order valence-electron chi connectivity index (χ3n) is 3.56. The van der Waals surface area contributed by atoms with Crippen molar-refractivity contribution in [3.05, 3.63) is 71.0 Å². The zero-order valence-electron chi connectivity index (χ0n) is 13.8. The summed E-state index contributed by atoms with van der Waals surface area (Å²) in [5, 5.41) is 2.19. The number of rotatable bonds is 6. The molecule has 26 heavy (non-hydrogen) atoms. The Morgan fingerprint density at radius 1 is 1.12 bits per heavy atom. The molecule has 0 amide bonds. The molecule has 0 bridgehead atoms. The van der Waals surface area contributed by atoms with E-state index >= 15 is 0 Å². The second kappa shape index (κ2) is 7.88. The molecule has 0 fully saturated rings. The van der Waals surface area contributed by atoms with Gasteiger partial charge in [-0.1, -0.05) is 12.1 Å². The molecule has 1 heterocycles. The van der Waals surface area contributed by atoms with Crippen LogP contribution in [0.2, 0.25) is 0 Å².